The maximum absolute atomic E-state index is 12.9. The van der Waals surface area contributed by atoms with Crippen LogP contribution < -0.4 is 4.74 Å². The van der Waals surface area contributed by atoms with Gasteiger partial charge in [0.05, 0.1) is 37.0 Å². The normalized spacial score (nSPS) is 16.3. The van der Waals surface area contributed by atoms with Gasteiger partial charge in [-0.1, -0.05) is 6.07 Å². The lowest BCUT2D eigenvalue weighted by atomic mass is 10.0. The van der Waals surface area contributed by atoms with Crippen molar-refractivity contribution in [3.05, 3.63) is 58.7 Å². The van der Waals surface area contributed by atoms with Crippen LogP contribution in [0.15, 0.2) is 30.5 Å². The van der Waals surface area contributed by atoms with E-state index < -0.39 is 23.8 Å². The molecule has 230 valence electrons. The number of aryl methyl sites for hydroxylation is 2. The number of nitrogens with one attached hydrogen (secondary N) is 1. The molecule has 11 heteroatoms. The summed E-state index contributed by atoms with van der Waals surface area (Å²) < 4.78 is 18.9. The summed E-state index contributed by atoms with van der Waals surface area (Å²) in [6.07, 6.45) is 9.18. The third kappa shape index (κ3) is 7.14. The third-order valence-corrected chi connectivity index (χ3v) is 7.57. The van der Waals surface area contributed by atoms with E-state index in [9.17, 15) is 9.59 Å². The highest BCUT2D eigenvalue weighted by molar-refractivity contribution is 6.00. The lowest BCUT2D eigenvalue weighted by molar-refractivity contribution is -0.457. The Morgan fingerprint density at radius 3 is 2.59 bits per heavy atom. The van der Waals surface area contributed by atoms with Crippen LogP contribution in [-0.2, 0) is 9.47 Å². The molecule has 1 fully saturated rings. The molecule has 3 heterocycles. The summed E-state index contributed by atoms with van der Waals surface area (Å²) in [5.74, 6) is 4.31. The number of benzene rings is 1. The number of pyridine rings is 1. The number of H-pyrrole nitrogens is 1. The number of hydrogen-bond acceptors (Lipinski definition) is 9. The second-order valence-corrected chi connectivity index (χ2v) is 12.3. The van der Waals surface area contributed by atoms with Gasteiger partial charge in [-0.15, -0.1) is 11.0 Å². The van der Waals surface area contributed by atoms with Gasteiger partial charge in [0.1, 0.15) is 17.2 Å². The van der Waals surface area contributed by atoms with Crippen molar-refractivity contribution in [3.8, 4) is 29.5 Å². The van der Waals surface area contributed by atoms with Crippen molar-refractivity contribution in [2.75, 3.05) is 33.3 Å². The van der Waals surface area contributed by atoms with Crippen LogP contribution in [0, 0.1) is 26.2 Å². The predicted octanol–water partition coefficient (Wildman–Crippen LogP) is 4.61. The number of carbonyl (C=O) groups excluding carboxylic acids is 2. The van der Waals surface area contributed by atoms with E-state index in [1.54, 1.807) is 19.1 Å². The van der Waals surface area contributed by atoms with E-state index in [1.165, 1.54) is 30.1 Å². The van der Waals surface area contributed by atoms with Crippen LogP contribution in [-0.4, -0.2) is 86.3 Å². The second-order valence-electron chi connectivity index (χ2n) is 12.3. The van der Waals surface area contributed by atoms with Gasteiger partial charge >= 0.3 is 12.1 Å². The molecule has 0 spiro atoms. The summed E-state index contributed by atoms with van der Waals surface area (Å²) in [4.78, 5) is 36.9. The molecule has 1 aliphatic carbocycles. The summed E-state index contributed by atoms with van der Waals surface area (Å²) in [5.41, 5.74) is 3.49. The molecule has 2 aromatic heterocycles. The Morgan fingerprint density at radius 1 is 1.23 bits per heavy atom. The third-order valence-electron chi connectivity index (χ3n) is 7.57. The summed E-state index contributed by atoms with van der Waals surface area (Å²) in [6.45, 7) is 10.8. The number of aromatic nitrogens is 4. The van der Waals surface area contributed by atoms with Crippen LogP contribution in [0.3, 0.4) is 0 Å². The number of esters is 1. The summed E-state index contributed by atoms with van der Waals surface area (Å²) >= 11 is 0. The topological polar surface area (TPSA) is 123 Å². The first-order valence-corrected chi connectivity index (χ1v) is 14.8. The van der Waals surface area contributed by atoms with Crippen molar-refractivity contribution >= 4 is 17.8 Å². The minimum absolute atomic E-state index is 0.364. The van der Waals surface area contributed by atoms with Crippen LogP contribution in [0.25, 0.3) is 11.4 Å². The molecule has 0 radical (unpaired) electrons. The highest BCUT2D eigenvalue weighted by Crippen LogP contribution is 2.40. The van der Waals surface area contributed by atoms with E-state index in [2.05, 4.69) is 32.1 Å². The molecule has 0 bridgehead atoms. The number of amides is 1. The van der Waals surface area contributed by atoms with Gasteiger partial charge in [-0.25, -0.2) is 9.78 Å². The first-order valence-electron chi connectivity index (χ1n) is 14.8. The highest BCUT2D eigenvalue weighted by Gasteiger charge is 2.35. The first kappa shape index (κ1) is 30.9. The molecule has 1 aliphatic heterocycles. The van der Waals surface area contributed by atoms with Gasteiger partial charge in [0, 0.05) is 12.7 Å². The number of terminal acetylenes is 1. The molecule has 11 nitrogen and oxygen atoms in total. The minimum Gasteiger partial charge on any atom is -0.482 e. The second kappa shape index (κ2) is 12.6. The number of methoxy groups -OCH3 is 1. The quantitative estimate of drug-likeness (QED) is 0.225. The zero-order valence-corrected chi connectivity index (χ0v) is 26.1. The SMILES string of the molecule is C#CC1=[N+](C(=O)OC(C)(C)C)CCN(C[C@@H](Oc2cc(C)c(C(=O)OC)cc2-c2n[nH]c(C)n2)c2ccc(C3CC3)cn2)C1. The molecular weight excluding hydrogens is 560 g/mol. The van der Waals surface area contributed by atoms with E-state index in [-0.39, 0.29) is 0 Å². The van der Waals surface area contributed by atoms with Gasteiger partial charge in [-0.05, 0) is 88.6 Å². The molecule has 2 aliphatic rings. The Morgan fingerprint density at radius 2 is 2.00 bits per heavy atom. The van der Waals surface area contributed by atoms with Crippen LogP contribution in [0.4, 0.5) is 4.79 Å². The number of carbonyl (C=O) groups is 2. The van der Waals surface area contributed by atoms with Crippen LogP contribution in [0.5, 0.6) is 5.75 Å². The van der Waals surface area contributed by atoms with E-state index in [1.807, 2.05) is 40.0 Å². The molecule has 44 heavy (non-hydrogen) atoms. The monoisotopic (exact) mass is 599 g/mol. The Bertz CT molecular complexity index is 1630. The zero-order valence-electron chi connectivity index (χ0n) is 26.1. The molecule has 1 amide bonds. The smallest absolute Gasteiger partial charge is 0.482 e. The van der Waals surface area contributed by atoms with E-state index in [0.717, 1.165) is 5.69 Å². The molecular formula is C33H39N6O5+. The fraction of sp³-hybridized carbons (Fsp3) is 0.455. The first-order chi connectivity index (χ1) is 21.0. The summed E-state index contributed by atoms with van der Waals surface area (Å²) in [5, 5.41) is 7.20. The van der Waals surface area contributed by atoms with E-state index in [4.69, 9.17) is 25.6 Å². The molecule has 5 rings (SSSR count). The molecule has 1 N–H and O–H groups in total. The highest BCUT2D eigenvalue weighted by atomic mass is 16.6. The average Bonchev–Trinajstić information content (AvgIpc) is 3.75. The summed E-state index contributed by atoms with van der Waals surface area (Å²) in [7, 11) is 1.35. The van der Waals surface area contributed by atoms with Gasteiger partial charge in [0.15, 0.2) is 18.5 Å². The van der Waals surface area contributed by atoms with Gasteiger partial charge in [-0.2, -0.15) is 9.89 Å². The average molecular weight is 600 g/mol. The largest absolute Gasteiger partial charge is 0.597 e. The predicted molar refractivity (Wildman–Crippen MR) is 164 cm³/mol. The maximum atomic E-state index is 12.9. The Labute approximate surface area is 257 Å². The number of aromatic amines is 1. The minimum atomic E-state index is -0.633. The van der Waals surface area contributed by atoms with Crippen molar-refractivity contribution in [2.24, 2.45) is 0 Å². The van der Waals surface area contributed by atoms with Gasteiger partial charge in [0.2, 0.25) is 0 Å². The Balaban J connectivity index is 1.48. The van der Waals surface area contributed by atoms with Gasteiger partial charge in [-0.3, -0.25) is 15.0 Å². The van der Waals surface area contributed by atoms with Gasteiger partial charge < -0.3 is 14.2 Å². The van der Waals surface area contributed by atoms with Crippen LogP contribution >= 0.6 is 0 Å². The van der Waals surface area contributed by atoms with Gasteiger partial charge in [0.25, 0.3) is 5.71 Å². The van der Waals surface area contributed by atoms with Crippen molar-refractivity contribution in [3.63, 3.8) is 0 Å². The van der Waals surface area contributed by atoms with Crippen LogP contribution in [0.1, 0.15) is 78.6 Å². The van der Waals surface area contributed by atoms with E-state index in [0.29, 0.717) is 71.9 Å². The number of hydrogen-bond donors (Lipinski definition) is 1. The fourth-order valence-corrected chi connectivity index (χ4v) is 5.14. The van der Waals surface area contributed by atoms with E-state index >= 15 is 0 Å². The Kier molecular flexibility index (Phi) is 8.83. The lowest BCUT2D eigenvalue weighted by Gasteiger charge is -2.29. The fourth-order valence-electron chi connectivity index (χ4n) is 5.14. The lowest BCUT2D eigenvalue weighted by Crippen LogP contribution is -2.49. The summed E-state index contributed by atoms with van der Waals surface area (Å²) in [6, 6.07) is 7.62. The van der Waals surface area contributed by atoms with Crippen molar-refractivity contribution in [1.29, 1.82) is 0 Å². The number of nitrogens with zero attached hydrogens (tertiary/aromatic N) is 5. The number of ether oxygens (including phenoxy) is 3. The maximum Gasteiger partial charge on any atom is 0.597 e. The zero-order chi connectivity index (χ0) is 31.6. The molecule has 0 unspecified atom stereocenters. The van der Waals surface area contributed by atoms with Crippen molar-refractivity contribution < 1.29 is 28.4 Å². The molecule has 1 saturated carbocycles. The van der Waals surface area contributed by atoms with Crippen molar-refractivity contribution in [2.45, 2.75) is 65.1 Å². The molecule has 1 atom stereocenters. The molecule has 0 saturated heterocycles. The molecule has 1 aromatic carbocycles. The van der Waals surface area contributed by atoms with Crippen molar-refractivity contribution in [1.82, 2.24) is 25.1 Å². The number of rotatable bonds is 8. The molecule has 3 aromatic rings. The van der Waals surface area contributed by atoms with Crippen LogP contribution in [0.2, 0.25) is 0 Å². The standard InChI is InChI=1S/C33H39N6O5/c1-8-24-18-38(13-14-39(24)32(41)44-33(4,5)6)19-29(27-12-11-23(17-34-27)22-9-10-22)43-28-15-20(2)25(31(40)42-7)16-26(28)30-35-21(3)36-37-30/h1,11-12,15-17,22,29H,9-10,13-14,18-19H2,2-7H3,(H,35,36,37)/q+1/t29-/m1/s1. The Hall–Kier alpha value is -4.56.